The van der Waals surface area contributed by atoms with Crippen molar-refractivity contribution in [1.82, 2.24) is 19.9 Å². The summed E-state index contributed by atoms with van der Waals surface area (Å²) >= 11 is 0. The van der Waals surface area contributed by atoms with Crippen LogP contribution in [0.15, 0.2) is 53.1 Å². The van der Waals surface area contributed by atoms with Crippen molar-refractivity contribution in [2.45, 2.75) is 13.1 Å². The highest BCUT2D eigenvalue weighted by Gasteiger charge is 2.18. The summed E-state index contributed by atoms with van der Waals surface area (Å²) in [6.45, 7) is 4.35. The van der Waals surface area contributed by atoms with Crippen molar-refractivity contribution in [3.05, 3.63) is 65.5 Å². The van der Waals surface area contributed by atoms with Gasteiger partial charge in [-0.2, -0.15) is 4.98 Å². The quantitative estimate of drug-likeness (QED) is 0.579. The van der Waals surface area contributed by atoms with Gasteiger partial charge in [0.05, 0.1) is 26.9 Å². The lowest BCUT2D eigenvalue weighted by Crippen LogP contribution is -2.35. The van der Waals surface area contributed by atoms with Gasteiger partial charge in [0.25, 0.3) is 5.91 Å². The molecule has 2 heterocycles. The van der Waals surface area contributed by atoms with E-state index < -0.39 is 0 Å². The minimum absolute atomic E-state index is 0.0926. The number of nitrogens with zero attached hydrogens (tertiary/aromatic N) is 4. The summed E-state index contributed by atoms with van der Waals surface area (Å²) < 4.78 is 16.0. The van der Waals surface area contributed by atoms with Gasteiger partial charge < -0.3 is 18.9 Å². The molecule has 1 fully saturated rings. The van der Waals surface area contributed by atoms with Crippen molar-refractivity contribution in [2.75, 3.05) is 40.5 Å². The number of aromatic nitrogens is 2. The fourth-order valence-electron chi connectivity index (χ4n) is 3.51. The van der Waals surface area contributed by atoms with Crippen molar-refractivity contribution in [1.29, 1.82) is 0 Å². The Balaban J connectivity index is 1.40. The van der Waals surface area contributed by atoms with Gasteiger partial charge in [0.2, 0.25) is 11.7 Å². The van der Waals surface area contributed by atoms with Crippen LogP contribution < -0.4 is 4.74 Å². The maximum atomic E-state index is 12.9. The molecule has 0 atom stereocenters. The summed E-state index contributed by atoms with van der Waals surface area (Å²) in [4.78, 5) is 21.3. The molecule has 0 aliphatic carbocycles. The van der Waals surface area contributed by atoms with Crippen molar-refractivity contribution < 1.29 is 18.8 Å². The third-order valence-corrected chi connectivity index (χ3v) is 5.20. The summed E-state index contributed by atoms with van der Waals surface area (Å²) in [6.07, 6.45) is 0. The molecule has 31 heavy (non-hydrogen) atoms. The molecule has 8 heteroatoms. The molecule has 0 radical (unpaired) electrons. The molecule has 4 rings (SSSR count). The standard InChI is InChI=1S/C23H26N4O4/c1-26(16-21-24-22(25-31-21)18-6-4-8-20(14-18)29-2)23(28)19-7-3-5-17(13-19)15-27-9-11-30-12-10-27/h3-8,13-14H,9-12,15-16H2,1-2H3. The molecule has 0 unspecified atom stereocenters. The average Bonchev–Trinajstić information content (AvgIpc) is 3.28. The van der Waals surface area contributed by atoms with E-state index in [2.05, 4.69) is 15.0 Å². The molecule has 162 valence electrons. The second-order valence-electron chi connectivity index (χ2n) is 7.49. The highest BCUT2D eigenvalue weighted by Crippen LogP contribution is 2.21. The van der Waals surface area contributed by atoms with Crippen molar-refractivity contribution in [3.8, 4) is 17.1 Å². The lowest BCUT2D eigenvalue weighted by molar-refractivity contribution is 0.0341. The van der Waals surface area contributed by atoms with E-state index in [0.717, 1.165) is 44.0 Å². The Hall–Kier alpha value is -3.23. The molecule has 3 aromatic rings. The van der Waals surface area contributed by atoms with E-state index in [9.17, 15) is 4.79 Å². The first-order valence-corrected chi connectivity index (χ1v) is 10.2. The minimum Gasteiger partial charge on any atom is -0.497 e. The van der Waals surface area contributed by atoms with E-state index in [1.807, 2.05) is 48.5 Å². The van der Waals surface area contributed by atoms with Gasteiger partial charge in [-0.05, 0) is 29.8 Å². The van der Waals surface area contributed by atoms with E-state index in [1.165, 1.54) is 0 Å². The number of carbonyl (C=O) groups is 1. The molecule has 1 amide bonds. The Labute approximate surface area is 181 Å². The predicted molar refractivity (Wildman–Crippen MR) is 115 cm³/mol. The number of hydrogen-bond acceptors (Lipinski definition) is 7. The lowest BCUT2D eigenvalue weighted by Gasteiger charge is -2.26. The summed E-state index contributed by atoms with van der Waals surface area (Å²) in [5.74, 6) is 1.46. The summed E-state index contributed by atoms with van der Waals surface area (Å²) in [5.41, 5.74) is 2.54. The molecule has 0 bridgehead atoms. The zero-order valence-electron chi connectivity index (χ0n) is 17.8. The van der Waals surface area contributed by atoms with Crippen LogP contribution in [0.1, 0.15) is 21.8 Å². The molecule has 8 nitrogen and oxygen atoms in total. The average molecular weight is 422 g/mol. The molecule has 1 saturated heterocycles. The molecular formula is C23H26N4O4. The molecule has 1 aromatic heterocycles. The second kappa shape index (κ2) is 9.72. The number of amides is 1. The van der Waals surface area contributed by atoms with Gasteiger partial charge in [0.1, 0.15) is 5.75 Å². The Morgan fingerprint density at radius 2 is 1.97 bits per heavy atom. The number of morpholine rings is 1. The summed E-state index contributed by atoms with van der Waals surface area (Å²) in [5, 5.41) is 4.03. The molecule has 1 aliphatic rings. The predicted octanol–water partition coefficient (Wildman–Crippen LogP) is 2.85. The lowest BCUT2D eigenvalue weighted by atomic mass is 10.1. The third-order valence-electron chi connectivity index (χ3n) is 5.20. The van der Waals surface area contributed by atoms with Crippen LogP contribution in [0, 0.1) is 0 Å². The highest BCUT2D eigenvalue weighted by atomic mass is 16.5. The van der Waals surface area contributed by atoms with Crippen LogP contribution in [0.25, 0.3) is 11.4 Å². The zero-order chi connectivity index (χ0) is 21.6. The van der Waals surface area contributed by atoms with E-state index in [-0.39, 0.29) is 12.5 Å². The van der Waals surface area contributed by atoms with Gasteiger partial charge in [0, 0.05) is 37.8 Å². The Bertz CT molecular complexity index is 1030. The number of methoxy groups -OCH3 is 1. The van der Waals surface area contributed by atoms with Gasteiger partial charge in [-0.15, -0.1) is 0 Å². The van der Waals surface area contributed by atoms with Crippen LogP contribution in [0.2, 0.25) is 0 Å². The number of benzene rings is 2. The first kappa shape index (κ1) is 21.0. The number of ether oxygens (including phenoxy) is 2. The van der Waals surface area contributed by atoms with Crippen molar-refractivity contribution >= 4 is 5.91 Å². The van der Waals surface area contributed by atoms with Crippen LogP contribution in [0.5, 0.6) is 5.75 Å². The third kappa shape index (κ3) is 5.28. The van der Waals surface area contributed by atoms with Crippen LogP contribution in [0.4, 0.5) is 0 Å². The van der Waals surface area contributed by atoms with E-state index in [1.54, 1.807) is 19.1 Å². The number of hydrogen-bond donors (Lipinski definition) is 0. The maximum absolute atomic E-state index is 12.9. The van der Waals surface area contributed by atoms with Crippen LogP contribution in [0.3, 0.4) is 0 Å². The molecule has 0 N–H and O–H groups in total. The van der Waals surface area contributed by atoms with Gasteiger partial charge in [-0.3, -0.25) is 9.69 Å². The first-order chi connectivity index (χ1) is 15.1. The molecule has 2 aromatic carbocycles. The number of rotatable bonds is 7. The molecule has 0 saturated carbocycles. The van der Waals surface area contributed by atoms with E-state index in [0.29, 0.717) is 23.0 Å². The Morgan fingerprint density at radius 1 is 1.16 bits per heavy atom. The van der Waals surface area contributed by atoms with Crippen LogP contribution in [-0.4, -0.2) is 66.3 Å². The fraction of sp³-hybridized carbons (Fsp3) is 0.348. The van der Waals surface area contributed by atoms with Gasteiger partial charge in [0.15, 0.2) is 0 Å². The summed E-state index contributed by atoms with van der Waals surface area (Å²) in [6, 6.07) is 15.2. The van der Waals surface area contributed by atoms with Gasteiger partial charge in [-0.25, -0.2) is 0 Å². The van der Waals surface area contributed by atoms with E-state index >= 15 is 0 Å². The molecule has 1 aliphatic heterocycles. The Morgan fingerprint density at radius 3 is 2.77 bits per heavy atom. The topological polar surface area (TPSA) is 80.9 Å². The SMILES string of the molecule is COc1cccc(-c2noc(CN(C)C(=O)c3cccc(CN4CCOCC4)c3)n2)c1. The fourth-order valence-corrected chi connectivity index (χ4v) is 3.51. The van der Waals surface area contributed by atoms with Crippen molar-refractivity contribution in [3.63, 3.8) is 0 Å². The normalized spacial score (nSPS) is 14.4. The summed E-state index contributed by atoms with van der Waals surface area (Å²) in [7, 11) is 3.34. The van der Waals surface area contributed by atoms with Crippen molar-refractivity contribution in [2.24, 2.45) is 0 Å². The largest absolute Gasteiger partial charge is 0.497 e. The monoisotopic (exact) mass is 422 g/mol. The van der Waals surface area contributed by atoms with Crippen LogP contribution >= 0.6 is 0 Å². The van der Waals surface area contributed by atoms with E-state index in [4.69, 9.17) is 14.0 Å². The van der Waals surface area contributed by atoms with Gasteiger partial charge in [-0.1, -0.05) is 29.4 Å². The highest BCUT2D eigenvalue weighted by molar-refractivity contribution is 5.94. The number of carbonyl (C=O) groups excluding carboxylic acids is 1. The zero-order valence-corrected chi connectivity index (χ0v) is 17.8. The first-order valence-electron chi connectivity index (χ1n) is 10.2. The smallest absolute Gasteiger partial charge is 0.254 e. The maximum Gasteiger partial charge on any atom is 0.254 e. The van der Waals surface area contributed by atoms with Gasteiger partial charge >= 0.3 is 0 Å². The Kier molecular flexibility index (Phi) is 6.59. The molecule has 0 spiro atoms. The van der Waals surface area contributed by atoms with Crippen LogP contribution in [-0.2, 0) is 17.8 Å². The molecular weight excluding hydrogens is 396 g/mol. The minimum atomic E-state index is -0.0926. The second-order valence-corrected chi connectivity index (χ2v) is 7.49.